The van der Waals surface area contributed by atoms with Gasteiger partial charge in [0.25, 0.3) is 0 Å². The van der Waals surface area contributed by atoms with Crippen LogP contribution >= 0.6 is 0 Å². The van der Waals surface area contributed by atoms with Crippen LogP contribution in [0.5, 0.6) is 0 Å². The second-order valence-electron chi connectivity index (χ2n) is 8.01. The van der Waals surface area contributed by atoms with Crippen LogP contribution < -0.4 is 0 Å². The number of ketones is 1. The van der Waals surface area contributed by atoms with Crippen molar-refractivity contribution in [3.05, 3.63) is 11.6 Å². The smallest absolute Gasteiger partial charge is 0.155 e. The summed E-state index contributed by atoms with van der Waals surface area (Å²) in [7, 11) is 0. The molecule has 1 N–H and O–H groups in total. The Bertz CT molecular complexity index is 466. The Morgan fingerprint density at radius 2 is 2.10 bits per heavy atom. The molecule has 6 atom stereocenters. The first kappa shape index (κ1) is 13.1. The molecule has 0 bridgehead atoms. The van der Waals surface area contributed by atoms with E-state index in [1.165, 1.54) is 31.3 Å². The average Bonchev–Trinajstić information content (AvgIpc) is 2.78. The van der Waals surface area contributed by atoms with Gasteiger partial charge < -0.3 is 5.11 Å². The van der Waals surface area contributed by atoms with Gasteiger partial charge in [-0.3, -0.25) is 4.79 Å². The molecular weight excluding hydrogens is 248 g/mol. The largest absolute Gasteiger partial charge is 0.393 e. The number of aliphatic hydroxyl groups is 1. The zero-order valence-electron chi connectivity index (χ0n) is 12.5. The number of aliphatic hydroxyl groups excluding tert-OH is 1. The second kappa shape index (κ2) is 4.43. The Morgan fingerprint density at radius 1 is 1.25 bits per heavy atom. The maximum atomic E-state index is 11.7. The number of hydrogen-bond donors (Lipinski definition) is 1. The van der Waals surface area contributed by atoms with Crippen molar-refractivity contribution in [2.45, 2.75) is 64.4 Å². The topological polar surface area (TPSA) is 37.3 Å². The second-order valence-corrected chi connectivity index (χ2v) is 8.01. The minimum atomic E-state index is -0.0610. The van der Waals surface area contributed by atoms with E-state index in [1.54, 1.807) is 0 Å². The zero-order valence-corrected chi connectivity index (χ0v) is 12.5. The molecule has 110 valence electrons. The van der Waals surface area contributed by atoms with Gasteiger partial charge in [-0.15, -0.1) is 0 Å². The molecule has 4 aliphatic carbocycles. The van der Waals surface area contributed by atoms with Crippen molar-refractivity contribution in [1.82, 2.24) is 0 Å². The molecule has 0 heterocycles. The molecule has 0 amide bonds. The molecular formula is C18H26O2. The molecule has 0 spiro atoms. The van der Waals surface area contributed by atoms with E-state index in [2.05, 4.69) is 6.92 Å². The molecule has 4 rings (SSSR count). The molecule has 0 radical (unpaired) electrons. The first-order chi connectivity index (χ1) is 9.58. The van der Waals surface area contributed by atoms with E-state index in [1.807, 2.05) is 6.08 Å². The highest BCUT2D eigenvalue weighted by molar-refractivity contribution is 5.91. The third-order valence-corrected chi connectivity index (χ3v) is 7.21. The molecule has 3 saturated carbocycles. The lowest BCUT2D eigenvalue weighted by atomic mass is 9.52. The van der Waals surface area contributed by atoms with Crippen LogP contribution in [0.3, 0.4) is 0 Å². The molecule has 0 aromatic heterocycles. The van der Waals surface area contributed by atoms with Gasteiger partial charge in [0, 0.05) is 6.42 Å². The molecule has 0 aromatic rings. The fourth-order valence-electron chi connectivity index (χ4n) is 6.11. The van der Waals surface area contributed by atoms with E-state index >= 15 is 0 Å². The van der Waals surface area contributed by atoms with Crippen LogP contribution in [0, 0.1) is 29.1 Å². The molecule has 3 fully saturated rings. The lowest BCUT2D eigenvalue weighted by Gasteiger charge is -2.53. The molecule has 1 unspecified atom stereocenters. The number of carbonyl (C=O) groups excluding carboxylic acids is 1. The minimum Gasteiger partial charge on any atom is -0.393 e. The third-order valence-electron chi connectivity index (χ3n) is 7.21. The highest BCUT2D eigenvalue weighted by Gasteiger charge is 2.55. The molecule has 4 aliphatic rings. The lowest BCUT2D eigenvalue weighted by molar-refractivity contribution is -0.115. The highest BCUT2D eigenvalue weighted by atomic mass is 16.3. The Kier molecular flexibility index (Phi) is 2.89. The van der Waals surface area contributed by atoms with E-state index < -0.39 is 0 Å². The SMILES string of the molecule is C[C@]12CC[C@H](O)C[C@@H]1CCC1[C@@H]3CCC(=O)C=C3C[C@@H]12. The number of carbonyl (C=O) groups is 1. The van der Waals surface area contributed by atoms with Crippen LogP contribution in [0.1, 0.15) is 58.3 Å². The summed E-state index contributed by atoms with van der Waals surface area (Å²) in [6.07, 6.45) is 10.8. The van der Waals surface area contributed by atoms with Crippen molar-refractivity contribution in [1.29, 1.82) is 0 Å². The molecule has 20 heavy (non-hydrogen) atoms. The quantitative estimate of drug-likeness (QED) is 0.734. The summed E-state index contributed by atoms with van der Waals surface area (Å²) in [5.74, 6) is 3.38. The minimum absolute atomic E-state index is 0.0610. The predicted molar refractivity (Wildman–Crippen MR) is 78.1 cm³/mol. The van der Waals surface area contributed by atoms with E-state index in [-0.39, 0.29) is 6.10 Å². The summed E-state index contributed by atoms with van der Waals surface area (Å²) in [5, 5.41) is 9.99. The third kappa shape index (κ3) is 1.76. The van der Waals surface area contributed by atoms with Crippen LogP contribution in [0.25, 0.3) is 0 Å². The Labute approximate surface area is 121 Å². The number of rotatable bonds is 0. The number of hydrogen-bond acceptors (Lipinski definition) is 2. The standard InChI is InChI=1S/C18H26O2/c1-18-7-6-14(20)10-12(18)2-4-16-15-5-3-13(19)8-11(15)9-17(16)18/h8,12,14-17,20H,2-7,9-10H2,1H3/t12-,14-,15+,16?,17-,18-/m0/s1. The van der Waals surface area contributed by atoms with Crippen molar-refractivity contribution in [3.8, 4) is 0 Å². The van der Waals surface area contributed by atoms with Gasteiger partial charge in [0.05, 0.1) is 6.10 Å². The highest BCUT2D eigenvalue weighted by Crippen LogP contribution is 2.63. The molecule has 0 aromatic carbocycles. The van der Waals surface area contributed by atoms with Gasteiger partial charge >= 0.3 is 0 Å². The first-order valence-electron chi connectivity index (χ1n) is 8.49. The fraction of sp³-hybridized carbons (Fsp3) is 0.833. The van der Waals surface area contributed by atoms with Crippen molar-refractivity contribution in [3.63, 3.8) is 0 Å². The van der Waals surface area contributed by atoms with E-state index in [0.29, 0.717) is 23.0 Å². The van der Waals surface area contributed by atoms with Gasteiger partial charge in [0.15, 0.2) is 5.78 Å². The lowest BCUT2D eigenvalue weighted by Crippen LogP contribution is -2.47. The van der Waals surface area contributed by atoms with Crippen LogP contribution in [0.15, 0.2) is 11.6 Å². The summed E-state index contributed by atoms with van der Waals surface area (Å²) >= 11 is 0. The summed E-state index contributed by atoms with van der Waals surface area (Å²) in [4.78, 5) is 11.7. The van der Waals surface area contributed by atoms with Crippen molar-refractivity contribution in [2.75, 3.05) is 0 Å². The summed E-state index contributed by atoms with van der Waals surface area (Å²) < 4.78 is 0. The van der Waals surface area contributed by atoms with Crippen molar-refractivity contribution < 1.29 is 9.90 Å². The predicted octanol–water partition coefficient (Wildman–Crippen LogP) is 3.49. The molecule has 0 aliphatic heterocycles. The van der Waals surface area contributed by atoms with Crippen LogP contribution in [0.2, 0.25) is 0 Å². The van der Waals surface area contributed by atoms with E-state index in [9.17, 15) is 9.90 Å². The first-order valence-corrected chi connectivity index (χ1v) is 8.49. The van der Waals surface area contributed by atoms with Crippen molar-refractivity contribution >= 4 is 5.78 Å². The summed E-state index contributed by atoms with van der Waals surface area (Å²) in [6.45, 7) is 2.49. The summed E-state index contributed by atoms with van der Waals surface area (Å²) in [6, 6.07) is 0. The van der Waals surface area contributed by atoms with Gasteiger partial charge in [-0.1, -0.05) is 12.5 Å². The summed E-state index contributed by atoms with van der Waals surface area (Å²) in [5.41, 5.74) is 1.90. The van der Waals surface area contributed by atoms with Gasteiger partial charge in [-0.25, -0.2) is 0 Å². The number of fused-ring (bicyclic) bond motifs is 5. The Hall–Kier alpha value is -0.630. The van der Waals surface area contributed by atoms with Crippen LogP contribution in [-0.4, -0.2) is 17.0 Å². The van der Waals surface area contributed by atoms with E-state index in [4.69, 9.17) is 0 Å². The van der Waals surface area contributed by atoms with Crippen LogP contribution in [0.4, 0.5) is 0 Å². The maximum absolute atomic E-state index is 11.7. The maximum Gasteiger partial charge on any atom is 0.155 e. The van der Waals surface area contributed by atoms with Gasteiger partial charge in [0.2, 0.25) is 0 Å². The van der Waals surface area contributed by atoms with Gasteiger partial charge in [-0.05, 0) is 80.1 Å². The molecule has 0 saturated heterocycles. The zero-order chi connectivity index (χ0) is 13.9. The average molecular weight is 274 g/mol. The van der Waals surface area contributed by atoms with Crippen molar-refractivity contribution in [2.24, 2.45) is 29.1 Å². The van der Waals surface area contributed by atoms with Gasteiger partial charge in [0.1, 0.15) is 0 Å². The Balaban J connectivity index is 1.65. The Morgan fingerprint density at radius 3 is 2.95 bits per heavy atom. The normalized spacial score (nSPS) is 51.0. The number of allylic oxidation sites excluding steroid dienone is 2. The van der Waals surface area contributed by atoms with E-state index in [0.717, 1.165) is 37.5 Å². The monoisotopic (exact) mass is 274 g/mol. The molecule has 2 heteroatoms. The van der Waals surface area contributed by atoms with Gasteiger partial charge in [-0.2, -0.15) is 0 Å². The molecule has 2 nitrogen and oxygen atoms in total. The van der Waals surface area contributed by atoms with Crippen LogP contribution in [-0.2, 0) is 4.79 Å². The fourth-order valence-corrected chi connectivity index (χ4v) is 6.11.